The van der Waals surface area contributed by atoms with Crippen molar-refractivity contribution in [2.45, 2.75) is 0 Å². The molecule has 1 N–H and O–H groups in total. The largest absolute Gasteiger partial charge is 0.463 e. The van der Waals surface area contributed by atoms with Crippen LogP contribution in [0.15, 0.2) is 46.1 Å². The summed E-state index contributed by atoms with van der Waals surface area (Å²) in [4.78, 5) is 11.6. The number of nitrogens with zero attached hydrogens (tertiary/aromatic N) is 2. The first-order valence-electron chi connectivity index (χ1n) is 5.27. The summed E-state index contributed by atoms with van der Waals surface area (Å²) in [6.45, 7) is 0. The van der Waals surface area contributed by atoms with E-state index in [1.54, 1.807) is 18.2 Å². The molecule has 1 heterocycles. The number of furan rings is 1. The Morgan fingerprint density at radius 1 is 1.47 bits per heavy atom. The summed E-state index contributed by atoms with van der Waals surface area (Å²) in [5.74, 6) is -1.02. The molecule has 2 aromatic rings. The molecule has 0 saturated carbocycles. The second-order valence-corrected chi connectivity index (χ2v) is 3.52. The van der Waals surface area contributed by atoms with Crippen LogP contribution < -0.4 is 5.43 Å². The van der Waals surface area contributed by atoms with Crippen LogP contribution in [-0.2, 0) is 0 Å². The van der Waals surface area contributed by atoms with E-state index >= 15 is 0 Å². The summed E-state index contributed by atoms with van der Waals surface area (Å²) in [6.07, 6.45) is 2.75. The highest BCUT2D eigenvalue weighted by molar-refractivity contribution is 5.95. The average Bonchev–Trinajstić information content (AvgIpc) is 2.91. The van der Waals surface area contributed by atoms with Crippen LogP contribution >= 0.6 is 0 Å². The summed E-state index contributed by atoms with van der Waals surface area (Å²) < 4.78 is 18.5. The van der Waals surface area contributed by atoms with Gasteiger partial charge in [0.1, 0.15) is 11.6 Å². The van der Waals surface area contributed by atoms with Crippen molar-refractivity contribution < 1.29 is 13.6 Å². The molecule has 0 radical (unpaired) electrons. The number of hydrogen-bond donors (Lipinski definition) is 1. The Hall–Kier alpha value is -2.94. The lowest BCUT2D eigenvalue weighted by molar-refractivity contribution is 0.0951. The molecule has 0 unspecified atom stereocenters. The number of rotatable bonds is 3. The predicted molar refractivity (Wildman–Crippen MR) is 64.9 cm³/mol. The highest BCUT2D eigenvalue weighted by Gasteiger charge is 2.11. The third-order valence-electron chi connectivity index (χ3n) is 2.24. The molecule has 6 heteroatoms. The first kappa shape index (κ1) is 12.5. The zero-order valence-electron chi connectivity index (χ0n) is 9.63. The van der Waals surface area contributed by atoms with Crippen LogP contribution in [0.3, 0.4) is 0 Å². The lowest BCUT2D eigenvalue weighted by atomic mass is 10.1. The fourth-order valence-electron chi connectivity index (χ4n) is 1.35. The van der Waals surface area contributed by atoms with Crippen LogP contribution in [0, 0.1) is 17.1 Å². The second-order valence-electron chi connectivity index (χ2n) is 3.52. The molecule has 1 amide bonds. The topological polar surface area (TPSA) is 78.4 Å². The molecule has 0 aliphatic heterocycles. The van der Waals surface area contributed by atoms with Crippen LogP contribution in [0.5, 0.6) is 0 Å². The van der Waals surface area contributed by atoms with Gasteiger partial charge in [-0.05, 0) is 30.3 Å². The number of amides is 1. The van der Waals surface area contributed by atoms with Crippen LogP contribution in [0.4, 0.5) is 4.39 Å². The van der Waals surface area contributed by atoms with E-state index in [-0.39, 0.29) is 11.1 Å². The second kappa shape index (κ2) is 5.60. The summed E-state index contributed by atoms with van der Waals surface area (Å²) in [5.41, 5.74) is 2.12. The average molecular weight is 257 g/mol. The predicted octanol–water partition coefficient (Wildman–Crippen LogP) is 2.05. The molecular formula is C13H8FN3O2. The summed E-state index contributed by atoms with van der Waals surface area (Å²) in [6, 6.07) is 8.68. The number of nitrogens with one attached hydrogen (secondary N) is 1. The minimum absolute atomic E-state index is 0.146. The van der Waals surface area contributed by atoms with Gasteiger partial charge in [-0.15, -0.1) is 0 Å². The molecular weight excluding hydrogens is 249 g/mol. The monoisotopic (exact) mass is 257 g/mol. The summed E-state index contributed by atoms with van der Waals surface area (Å²) in [7, 11) is 0. The van der Waals surface area contributed by atoms with E-state index in [1.807, 2.05) is 0 Å². The number of carbonyl (C=O) groups is 1. The third-order valence-corrected chi connectivity index (χ3v) is 2.24. The highest BCUT2D eigenvalue weighted by Crippen LogP contribution is 2.09. The van der Waals surface area contributed by atoms with Crippen molar-refractivity contribution in [2.24, 2.45) is 5.10 Å². The Kier molecular flexibility index (Phi) is 3.69. The number of nitriles is 1. The molecule has 0 aliphatic rings. The van der Waals surface area contributed by atoms with Crippen molar-refractivity contribution in [3.63, 3.8) is 0 Å². The van der Waals surface area contributed by atoms with E-state index in [4.69, 9.17) is 9.68 Å². The number of hydrazone groups is 1. The molecule has 5 nitrogen and oxygen atoms in total. The molecule has 0 bridgehead atoms. The number of halogens is 1. The molecule has 1 aromatic heterocycles. The Bertz CT molecular complexity index is 657. The minimum Gasteiger partial charge on any atom is -0.463 e. The van der Waals surface area contributed by atoms with Crippen molar-refractivity contribution in [3.05, 3.63) is 59.3 Å². The van der Waals surface area contributed by atoms with E-state index in [0.717, 1.165) is 6.07 Å². The van der Waals surface area contributed by atoms with Gasteiger partial charge in [-0.2, -0.15) is 10.4 Å². The minimum atomic E-state index is -0.773. The van der Waals surface area contributed by atoms with E-state index in [9.17, 15) is 9.18 Å². The molecule has 0 atom stereocenters. The first-order chi connectivity index (χ1) is 9.20. The van der Waals surface area contributed by atoms with Gasteiger partial charge in [-0.3, -0.25) is 4.79 Å². The maximum Gasteiger partial charge on any atom is 0.274 e. The first-order valence-corrected chi connectivity index (χ1v) is 5.27. The van der Waals surface area contributed by atoms with Gasteiger partial charge in [0, 0.05) is 0 Å². The fraction of sp³-hybridized carbons (Fsp3) is 0. The van der Waals surface area contributed by atoms with Gasteiger partial charge in [-0.1, -0.05) is 0 Å². The Morgan fingerprint density at radius 3 is 2.95 bits per heavy atom. The third kappa shape index (κ3) is 3.04. The number of benzene rings is 1. The summed E-state index contributed by atoms with van der Waals surface area (Å²) in [5, 5.41) is 12.2. The Balaban J connectivity index is 2.06. The Morgan fingerprint density at radius 2 is 2.32 bits per heavy atom. The van der Waals surface area contributed by atoms with E-state index in [0.29, 0.717) is 5.76 Å². The van der Waals surface area contributed by atoms with E-state index < -0.39 is 11.7 Å². The maximum absolute atomic E-state index is 13.5. The van der Waals surface area contributed by atoms with Crippen molar-refractivity contribution in [1.82, 2.24) is 5.43 Å². The number of hydrogen-bond acceptors (Lipinski definition) is 4. The molecule has 1 aromatic carbocycles. The smallest absolute Gasteiger partial charge is 0.274 e. The molecule has 0 spiro atoms. The van der Waals surface area contributed by atoms with Crippen molar-refractivity contribution >= 4 is 12.1 Å². The Labute approximate surface area is 108 Å². The van der Waals surface area contributed by atoms with Gasteiger partial charge in [0.15, 0.2) is 0 Å². The normalized spacial score (nSPS) is 10.3. The molecule has 0 aliphatic carbocycles. The lowest BCUT2D eigenvalue weighted by Gasteiger charge is -2.01. The lowest BCUT2D eigenvalue weighted by Crippen LogP contribution is -2.19. The molecule has 2 rings (SSSR count). The van der Waals surface area contributed by atoms with Gasteiger partial charge in [0.2, 0.25) is 0 Å². The highest BCUT2D eigenvalue weighted by atomic mass is 19.1. The fourth-order valence-corrected chi connectivity index (χ4v) is 1.35. The maximum atomic E-state index is 13.5. The van der Waals surface area contributed by atoms with Crippen LogP contribution in [0.2, 0.25) is 0 Å². The molecule has 19 heavy (non-hydrogen) atoms. The molecule has 0 fully saturated rings. The van der Waals surface area contributed by atoms with Crippen molar-refractivity contribution in [3.8, 4) is 6.07 Å². The van der Waals surface area contributed by atoms with Crippen molar-refractivity contribution in [2.75, 3.05) is 0 Å². The zero-order valence-corrected chi connectivity index (χ0v) is 9.63. The van der Waals surface area contributed by atoms with Crippen molar-refractivity contribution in [1.29, 1.82) is 5.26 Å². The van der Waals surface area contributed by atoms with Gasteiger partial charge >= 0.3 is 0 Å². The molecule has 0 saturated heterocycles. The molecule has 94 valence electrons. The van der Waals surface area contributed by atoms with Crippen LogP contribution in [0.25, 0.3) is 0 Å². The van der Waals surface area contributed by atoms with E-state index in [2.05, 4.69) is 10.5 Å². The van der Waals surface area contributed by atoms with Crippen LogP contribution in [0.1, 0.15) is 21.7 Å². The van der Waals surface area contributed by atoms with Crippen LogP contribution in [-0.4, -0.2) is 12.1 Å². The standard InChI is InChI=1S/C13H8FN3O2/c14-12-6-9(7-15)3-4-11(12)13(18)17-16-8-10-2-1-5-19-10/h1-6,8H,(H,17,18). The van der Waals surface area contributed by atoms with Gasteiger partial charge in [0.25, 0.3) is 5.91 Å². The summed E-state index contributed by atoms with van der Waals surface area (Å²) >= 11 is 0. The SMILES string of the molecule is N#Cc1ccc(C(=O)NN=Cc2ccco2)c(F)c1. The number of carbonyl (C=O) groups excluding carboxylic acids is 1. The van der Waals surface area contributed by atoms with Gasteiger partial charge in [0.05, 0.1) is 29.7 Å². The van der Waals surface area contributed by atoms with Gasteiger partial charge in [-0.25, -0.2) is 9.82 Å². The quantitative estimate of drug-likeness (QED) is 0.675. The zero-order chi connectivity index (χ0) is 13.7. The van der Waals surface area contributed by atoms with Gasteiger partial charge < -0.3 is 4.42 Å². The van der Waals surface area contributed by atoms with E-state index in [1.165, 1.54) is 24.6 Å².